The van der Waals surface area contributed by atoms with Crippen molar-refractivity contribution in [2.24, 2.45) is 5.92 Å². The maximum absolute atomic E-state index is 9.33. The second-order valence-electron chi connectivity index (χ2n) is 3.54. The van der Waals surface area contributed by atoms with Crippen molar-refractivity contribution < 1.29 is 5.11 Å². The summed E-state index contributed by atoms with van der Waals surface area (Å²) in [6.07, 6.45) is 0.931. The van der Waals surface area contributed by atoms with Gasteiger partial charge in [0.1, 0.15) is 0 Å². The molecule has 2 nitrogen and oxygen atoms in total. The first kappa shape index (κ1) is 7.03. The zero-order valence-electron chi connectivity index (χ0n) is 6.15. The van der Waals surface area contributed by atoms with Gasteiger partial charge in [0, 0.05) is 0 Å². The number of nitrogens with one attached hydrogen (secondary N) is 1. The van der Waals surface area contributed by atoms with Crippen molar-refractivity contribution in [2.45, 2.75) is 25.9 Å². The van der Waals surface area contributed by atoms with Crippen molar-refractivity contribution in [2.75, 3.05) is 13.1 Å². The third kappa shape index (κ3) is 2.33. The lowest BCUT2D eigenvalue weighted by atomic mass is 9.90. The fourth-order valence-corrected chi connectivity index (χ4v) is 1.20. The minimum absolute atomic E-state index is 0.466. The summed E-state index contributed by atoms with van der Waals surface area (Å²) in [7, 11) is 0. The maximum atomic E-state index is 9.33. The van der Waals surface area contributed by atoms with Gasteiger partial charge in [0.15, 0.2) is 0 Å². The number of hydrogen-bond donors (Lipinski definition) is 2. The Balaban J connectivity index is 2.16. The van der Waals surface area contributed by atoms with Crippen LogP contribution in [0, 0.1) is 5.92 Å². The highest BCUT2D eigenvalue weighted by atomic mass is 16.3. The van der Waals surface area contributed by atoms with Crippen molar-refractivity contribution in [3.63, 3.8) is 0 Å². The molecule has 0 unspecified atom stereocenters. The molecule has 0 aromatic heterocycles. The number of aliphatic hydroxyl groups is 1. The van der Waals surface area contributed by atoms with Crippen molar-refractivity contribution >= 4 is 0 Å². The van der Waals surface area contributed by atoms with E-state index in [-0.39, 0.29) is 0 Å². The van der Waals surface area contributed by atoms with Gasteiger partial charge in [-0.1, -0.05) is 0 Å². The van der Waals surface area contributed by atoms with Gasteiger partial charge in [-0.15, -0.1) is 0 Å². The fourth-order valence-electron chi connectivity index (χ4n) is 1.20. The molecule has 1 heterocycles. The highest BCUT2D eigenvalue weighted by Gasteiger charge is 2.24. The van der Waals surface area contributed by atoms with Crippen molar-refractivity contribution in [3.05, 3.63) is 0 Å². The minimum Gasteiger partial charge on any atom is -0.390 e. The average molecular weight is 129 g/mol. The van der Waals surface area contributed by atoms with Crippen LogP contribution < -0.4 is 5.32 Å². The van der Waals surface area contributed by atoms with Gasteiger partial charge in [-0.05, 0) is 39.3 Å². The Hall–Kier alpha value is -0.0800. The van der Waals surface area contributed by atoms with Crippen molar-refractivity contribution in [1.29, 1.82) is 0 Å². The van der Waals surface area contributed by atoms with Gasteiger partial charge in [-0.3, -0.25) is 0 Å². The van der Waals surface area contributed by atoms with E-state index in [9.17, 15) is 5.11 Å². The smallest absolute Gasteiger partial charge is 0.0595 e. The molecule has 9 heavy (non-hydrogen) atoms. The SMILES string of the molecule is CC(C)(O)CC1CNC1. The van der Waals surface area contributed by atoms with E-state index < -0.39 is 5.60 Å². The van der Waals surface area contributed by atoms with Crippen LogP contribution in [0.5, 0.6) is 0 Å². The fraction of sp³-hybridized carbons (Fsp3) is 1.00. The molecule has 2 heteroatoms. The Kier molecular flexibility index (Phi) is 1.78. The highest BCUT2D eigenvalue weighted by molar-refractivity contribution is 4.80. The first-order valence-corrected chi connectivity index (χ1v) is 3.51. The predicted octanol–water partition coefficient (Wildman–Crippen LogP) is 0.367. The molecule has 0 aromatic rings. The summed E-state index contributed by atoms with van der Waals surface area (Å²) >= 11 is 0. The molecule has 1 rings (SSSR count). The predicted molar refractivity (Wildman–Crippen MR) is 37.3 cm³/mol. The van der Waals surface area contributed by atoms with Crippen LogP contribution in [0.1, 0.15) is 20.3 Å². The second-order valence-corrected chi connectivity index (χ2v) is 3.54. The van der Waals surface area contributed by atoms with E-state index >= 15 is 0 Å². The molecule has 54 valence electrons. The van der Waals surface area contributed by atoms with Gasteiger partial charge >= 0.3 is 0 Å². The molecule has 0 atom stereocenters. The van der Waals surface area contributed by atoms with E-state index in [0.717, 1.165) is 19.5 Å². The molecule has 0 radical (unpaired) electrons. The monoisotopic (exact) mass is 129 g/mol. The Bertz CT molecular complexity index is 91.6. The molecule has 0 amide bonds. The van der Waals surface area contributed by atoms with Gasteiger partial charge in [0.05, 0.1) is 5.60 Å². The lowest BCUT2D eigenvalue weighted by Crippen LogP contribution is -2.45. The molecule has 1 aliphatic heterocycles. The van der Waals surface area contributed by atoms with Crippen LogP contribution in [-0.2, 0) is 0 Å². The van der Waals surface area contributed by atoms with Crippen LogP contribution in [0.25, 0.3) is 0 Å². The Labute approximate surface area is 56.3 Å². The Morgan fingerprint density at radius 2 is 2.11 bits per heavy atom. The van der Waals surface area contributed by atoms with Crippen molar-refractivity contribution in [1.82, 2.24) is 5.32 Å². The van der Waals surface area contributed by atoms with Gasteiger partial charge in [0.2, 0.25) is 0 Å². The first-order chi connectivity index (χ1) is 4.08. The molecule has 0 aromatic carbocycles. The van der Waals surface area contributed by atoms with Crippen LogP contribution in [0.4, 0.5) is 0 Å². The normalized spacial score (nSPS) is 21.7. The molecule has 2 N–H and O–H groups in total. The van der Waals surface area contributed by atoms with E-state index in [2.05, 4.69) is 5.32 Å². The van der Waals surface area contributed by atoms with Crippen molar-refractivity contribution in [3.8, 4) is 0 Å². The summed E-state index contributed by atoms with van der Waals surface area (Å²) < 4.78 is 0. The van der Waals surface area contributed by atoms with Gasteiger partial charge in [-0.25, -0.2) is 0 Å². The quantitative estimate of drug-likeness (QED) is 0.564. The first-order valence-electron chi connectivity index (χ1n) is 3.51. The summed E-state index contributed by atoms with van der Waals surface area (Å²) in [4.78, 5) is 0. The molecular formula is C7H15NO. The number of hydrogen-bond acceptors (Lipinski definition) is 2. The second kappa shape index (κ2) is 2.27. The van der Waals surface area contributed by atoms with Crippen LogP contribution in [0.15, 0.2) is 0 Å². The summed E-state index contributed by atoms with van der Waals surface area (Å²) in [5.41, 5.74) is -0.466. The Morgan fingerprint density at radius 1 is 1.56 bits per heavy atom. The molecule has 1 fully saturated rings. The van der Waals surface area contributed by atoms with Crippen LogP contribution >= 0.6 is 0 Å². The summed E-state index contributed by atoms with van der Waals surface area (Å²) in [5.74, 6) is 0.713. The Morgan fingerprint density at radius 3 is 2.22 bits per heavy atom. The summed E-state index contributed by atoms with van der Waals surface area (Å²) in [5, 5.41) is 12.5. The van der Waals surface area contributed by atoms with E-state index in [1.807, 2.05) is 13.8 Å². The topological polar surface area (TPSA) is 32.3 Å². The van der Waals surface area contributed by atoms with E-state index in [1.54, 1.807) is 0 Å². The third-order valence-corrected chi connectivity index (χ3v) is 1.65. The highest BCUT2D eigenvalue weighted by Crippen LogP contribution is 2.18. The third-order valence-electron chi connectivity index (χ3n) is 1.65. The van der Waals surface area contributed by atoms with Gasteiger partial charge in [-0.2, -0.15) is 0 Å². The van der Waals surface area contributed by atoms with Gasteiger partial charge in [0.25, 0.3) is 0 Å². The standard InChI is InChI=1S/C7H15NO/c1-7(2,9)3-6-4-8-5-6/h6,8-9H,3-5H2,1-2H3. The van der Waals surface area contributed by atoms with E-state index in [0.29, 0.717) is 5.92 Å². The zero-order valence-corrected chi connectivity index (χ0v) is 6.15. The molecule has 0 saturated carbocycles. The molecule has 0 aliphatic carbocycles. The molecule has 1 aliphatic rings. The minimum atomic E-state index is -0.466. The lowest BCUT2D eigenvalue weighted by molar-refractivity contribution is 0.0429. The maximum Gasteiger partial charge on any atom is 0.0595 e. The molecule has 0 bridgehead atoms. The summed E-state index contributed by atoms with van der Waals surface area (Å²) in [6, 6.07) is 0. The van der Waals surface area contributed by atoms with Crippen LogP contribution in [0.3, 0.4) is 0 Å². The van der Waals surface area contributed by atoms with Crippen LogP contribution in [-0.4, -0.2) is 23.8 Å². The largest absolute Gasteiger partial charge is 0.390 e. The molecule has 0 spiro atoms. The lowest BCUT2D eigenvalue weighted by Gasteiger charge is -2.32. The zero-order chi connectivity index (χ0) is 6.91. The van der Waals surface area contributed by atoms with E-state index in [1.165, 1.54) is 0 Å². The molecule has 1 saturated heterocycles. The van der Waals surface area contributed by atoms with Crippen LogP contribution in [0.2, 0.25) is 0 Å². The average Bonchev–Trinajstić information content (AvgIpc) is 1.53. The molecular weight excluding hydrogens is 114 g/mol. The summed E-state index contributed by atoms with van der Waals surface area (Å²) in [6.45, 7) is 5.91. The number of rotatable bonds is 2. The van der Waals surface area contributed by atoms with Gasteiger partial charge < -0.3 is 10.4 Å². The van der Waals surface area contributed by atoms with E-state index in [4.69, 9.17) is 0 Å².